The van der Waals surface area contributed by atoms with Crippen LogP contribution in [0.5, 0.6) is 5.75 Å². The lowest BCUT2D eigenvalue weighted by Gasteiger charge is -2.14. The van der Waals surface area contributed by atoms with Crippen molar-refractivity contribution in [3.05, 3.63) is 53.6 Å². The highest BCUT2D eigenvalue weighted by Gasteiger charge is 2.10. The largest absolute Gasteiger partial charge is 0.497 e. The molecule has 0 saturated carbocycles. The van der Waals surface area contributed by atoms with E-state index in [1.54, 1.807) is 18.9 Å². The Kier molecular flexibility index (Phi) is 7.42. The van der Waals surface area contributed by atoms with E-state index in [1.807, 2.05) is 36.4 Å². The van der Waals surface area contributed by atoms with Gasteiger partial charge in [0.2, 0.25) is 0 Å². The van der Waals surface area contributed by atoms with E-state index < -0.39 is 0 Å². The van der Waals surface area contributed by atoms with Crippen molar-refractivity contribution in [3.8, 4) is 5.75 Å². The first-order chi connectivity index (χ1) is 12.0. The minimum atomic E-state index is 0.0971. The summed E-state index contributed by atoms with van der Waals surface area (Å²) in [4.78, 5) is 2.21. The number of thioether (sulfide) groups is 1. The topological polar surface area (TPSA) is 97.1 Å². The molecule has 0 aliphatic carbocycles. The molecule has 2 aromatic carbocycles. The molecule has 132 valence electrons. The highest BCUT2D eigenvalue weighted by atomic mass is 32.2. The van der Waals surface area contributed by atoms with Gasteiger partial charge in [-0.05, 0) is 47.6 Å². The molecule has 0 spiro atoms. The summed E-state index contributed by atoms with van der Waals surface area (Å²) < 4.78 is 5.31. The SMILES string of the molecule is COc1ccc(Sc2ccccc2CNC(N)=S)c(CSC(=N)N)c1. The van der Waals surface area contributed by atoms with Crippen molar-refractivity contribution in [3.63, 3.8) is 0 Å². The molecular formula is C17H20N4OS3. The van der Waals surface area contributed by atoms with Crippen molar-refractivity contribution < 1.29 is 4.74 Å². The first-order valence-corrected chi connectivity index (χ1v) is 9.63. The third-order valence-corrected chi connectivity index (χ3v) is 5.44. The van der Waals surface area contributed by atoms with E-state index in [2.05, 4.69) is 11.4 Å². The Hall–Kier alpha value is -1.90. The van der Waals surface area contributed by atoms with Crippen LogP contribution in [0, 0.1) is 5.41 Å². The molecule has 5 nitrogen and oxygen atoms in total. The normalized spacial score (nSPS) is 10.3. The van der Waals surface area contributed by atoms with Crippen molar-refractivity contribution >= 4 is 46.0 Å². The standard InChI is InChI=1S/C17H20N4OS3/c1-22-13-6-7-15(12(8-13)10-24-16(18)19)25-14-5-3-2-4-11(14)9-21-17(20)23/h2-8H,9-10H2,1H3,(H3,18,19)(H3,20,21,23). The summed E-state index contributed by atoms with van der Waals surface area (Å²) in [5.41, 5.74) is 13.2. The Balaban J connectivity index is 2.27. The van der Waals surface area contributed by atoms with Crippen molar-refractivity contribution in [1.29, 1.82) is 5.41 Å². The van der Waals surface area contributed by atoms with Gasteiger partial charge < -0.3 is 21.5 Å². The number of nitrogens with two attached hydrogens (primary N) is 2. The first-order valence-electron chi connectivity index (χ1n) is 7.42. The van der Waals surface area contributed by atoms with Crippen LogP contribution >= 0.6 is 35.7 Å². The van der Waals surface area contributed by atoms with Crippen LogP contribution in [-0.4, -0.2) is 17.4 Å². The second-order valence-electron chi connectivity index (χ2n) is 5.05. The van der Waals surface area contributed by atoms with Gasteiger partial charge in [0.1, 0.15) is 5.75 Å². The molecule has 25 heavy (non-hydrogen) atoms. The summed E-state index contributed by atoms with van der Waals surface area (Å²) in [5, 5.41) is 10.8. The molecule has 0 aliphatic heterocycles. The summed E-state index contributed by atoms with van der Waals surface area (Å²) in [6, 6.07) is 14.0. The second kappa shape index (κ2) is 9.55. The summed E-state index contributed by atoms with van der Waals surface area (Å²) in [6.45, 7) is 0.576. The van der Waals surface area contributed by atoms with Gasteiger partial charge in [-0.25, -0.2) is 0 Å². The van der Waals surface area contributed by atoms with Crippen LogP contribution in [0.25, 0.3) is 0 Å². The van der Waals surface area contributed by atoms with Gasteiger partial charge in [0, 0.05) is 22.1 Å². The predicted octanol–water partition coefficient (Wildman–Crippen LogP) is 3.31. The number of amidine groups is 1. The number of hydrogen-bond acceptors (Lipinski definition) is 5. The Labute approximate surface area is 161 Å². The van der Waals surface area contributed by atoms with Gasteiger partial charge in [-0.2, -0.15) is 0 Å². The van der Waals surface area contributed by atoms with Gasteiger partial charge in [0.15, 0.2) is 10.3 Å². The van der Waals surface area contributed by atoms with Gasteiger partial charge in [0.05, 0.1) is 7.11 Å². The maximum Gasteiger partial charge on any atom is 0.163 e. The van der Waals surface area contributed by atoms with E-state index >= 15 is 0 Å². The van der Waals surface area contributed by atoms with Crippen molar-refractivity contribution in [2.45, 2.75) is 22.1 Å². The highest BCUT2D eigenvalue weighted by Crippen LogP contribution is 2.36. The van der Waals surface area contributed by atoms with Crippen LogP contribution < -0.4 is 21.5 Å². The van der Waals surface area contributed by atoms with Gasteiger partial charge in [0.25, 0.3) is 0 Å². The molecule has 0 saturated heterocycles. The van der Waals surface area contributed by atoms with Crippen molar-refractivity contribution in [1.82, 2.24) is 5.32 Å². The number of hydrogen-bond donors (Lipinski definition) is 4. The lowest BCUT2D eigenvalue weighted by molar-refractivity contribution is 0.414. The average Bonchev–Trinajstić information content (AvgIpc) is 2.59. The fourth-order valence-electron chi connectivity index (χ4n) is 2.10. The lowest BCUT2D eigenvalue weighted by Crippen LogP contribution is -2.28. The fraction of sp³-hybridized carbons (Fsp3) is 0.176. The summed E-state index contributed by atoms with van der Waals surface area (Å²) >= 11 is 7.84. The Bertz CT molecular complexity index is 767. The Morgan fingerprint density at radius 3 is 2.56 bits per heavy atom. The van der Waals surface area contributed by atoms with Crippen molar-refractivity contribution in [2.75, 3.05) is 7.11 Å². The molecule has 0 aliphatic rings. The maximum atomic E-state index is 7.43. The molecule has 0 heterocycles. The van der Waals surface area contributed by atoms with E-state index in [0.29, 0.717) is 12.3 Å². The molecule has 0 aromatic heterocycles. The number of nitrogens with one attached hydrogen (secondary N) is 2. The first kappa shape index (κ1) is 19.4. The lowest BCUT2D eigenvalue weighted by atomic mass is 10.2. The monoisotopic (exact) mass is 392 g/mol. The average molecular weight is 393 g/mol. The van der Waals surface area contributed by atoms with E-state index in [0.717, 1.165) is 26.7 Å². The molecule has 0 bridgehead atoms. The minimum Gasteiger partial charge on any atom is -0.497 e. The highest BCUT2D eigenvalue weighted by molar-refractivity contribution is 8.13. The zero-order valence-corrected chi connectivity index (χ0v) is 16.2. The number of ether oxygens (including phenoxy) is 1. The minimum absolute atomic E-state index is 0.0971. The zero-order chi connectivity index (χ0) is 18.2. The van der Waals surface area contributed by atoms with Gasteiger partial charge >= 0.3 is 0 Å². The van der Waals surface area contributed by atoms with Crippen LogP contribution in [0.15, 0.2) is 52.3 Å². The molecule has 6 N–H and O–H groups in total. The van der Waals surface area contributed by atoms with Crippen LogP contribution in [0.1, 0.15) is 11.1 Å². The van der Waals surface area contributed by atoms with E-state index in [-0.39, 0.29) is 10.3 Å². The molecule has 8 heteroatoms. The predicted molar refractivity (Wildman–Crippen MR) is 110 cm³/mol. The molecule has 0 radical (unpaired) electrons. The van der Waals surface area contributed by atoms with Crippen LogP contribution in [0.3, 0.4) is 0 Å². The molecular weight excluding hydrogens is 372 g/mol. The summed E-state index contributed by atoms with van der Waals surface area (Å²) in [5.74, 6) is 1.40. The quantitative estimate of drug-likeness (QED) is 0.326. The van der Waals surface area contributed by atoms with Crippen molar-refractivity contribution in [2.24, 2.45) is 11.5 Å². The van der Waals surface area contributed by atoms with Gasteiger partial charge in [-0.3, -0.25) is 5.41 Å². The van der Waals surface area contributed by atoms with E-state index in [4.69, 9.17) is 33.8 Å². The van der Waals surface area contributed by atoms with E-state index in [9.17, 15) is 0 Å². The van der Waals surface area contributed by atoms with E-state index in [1.165, 1.54) is 11.8 Å². The zero-order valence-electron chi connectivity index (χ0n) is 13.7. The van der Waals surface area contributed by atoms with Crippen LogP contribution in [0.4, 0.5) is 0 Å². The van der Waals surface area contributed by atoms with Gasteiger partial charge in [-0.15, -0.1) is 0 Å². The summed E-state index contributed by atoms with van der Waals surface area (Å²) in [6.07, 6.45) is 0. The Morgan fingerprint density at radius 1 is 1.16 bits per heavy atom. The number of thiocarbonyl (C=S) groups is 1. The van der Waals surface area contributed by atoms with Crippen LogP contribution in [0.2, 0.25) is 0 Å². The van der Waals surface area contributed by atoms with Crippen LogP contribution in [-0.2, 0) is 12.3 Å². The molecule has 2 aromatic rings. The number of methoxy groups -OCH3 is 1. The third-order valence-electron chi connectivity index (χ3n) is 3.30. The molecule has 0 fully saturated rings. The maximum absolute atomic E-state index is 7.43. The molecule has 0 atom stereocenters. The van der Waals surface area contributed by atoms with Gasteiger partial charge in [-0.1, -0.05) is 41.7 Å². The molecule has 0 amide bonds. The fourth-order valence-corrected chi connectivity index (χ4v) is 3.87. The number of rotatable bonds is 7. The Morgan fingerprint density at radius 2 is 1.88 bits per heavy atom. The second-order valence-corrected chi connectivity index (χ2v) is 7.59. The molecule has 2 rings (SSSR count). The summed E-state index contributed by atoms with van der Waals surface area (Å²) in [7, 11) is 1.64. The third kappa shape index (κ3) is 6.15. The smallest absolute Gasteiger partial charge is 0.163 e. The number of benzene rings is 2. The molecule has 0 unspecified atom stereocenters.